The predicted molar refractivity (Wildman–Crippen MR) is 92.8 cm³/mol. The van der Waals surface area contributed by atoms with Crippen molar-refractivity contribution < 1.29 is 4.79 Å². The van der Waals surface area contributed by atoms with Crippen LogP contribution < -0.4 is 0 Å². The summed E-state index contributed by atoms with van der Waals surface area (Å²) in [7, 11) is 0. The molecular weight excluding hydrogens is 308 g/mol. The number of carbonyl (C=O) groups excluding carboxylic acids is 1. The number of hydrogen-bond donors (Lipinski definition) is 0. The molecule has 6 heteroatoms. The Bertz CT molecular complexity index is 668. The van der Waals surface area contributed by atoms with Gasteiger partial charge in [0.25, 0.3) is 5.91 Å². The number of nitrogens with zero attached hydrogens (tertiary/aromatic N) is 4. The molecule has 23 heavy (non-hydrogen) atoms. The first-order valence-corrected chi connectivity index (χ1v) is 9.02. The fourth-order valence-corrected chi connectivity index (χ4v) is 3.61. The molecule has 2 aromatic heterocycles. The van der Waals surface area contributed by atoms with E-state index in [0.717, 1.165) is 49.1 Å². The van der Waals surface area contributed by atoms with Crippen molar-refractivity contribution in [2.45, 2.75) is 33.4 Å². The van der Waals surface area contributed by atoms with Gasteiger partial charge in [-0.3, -0.25) is 9.69 Å². The average Bonchev–Trinajstić information content (AvgIpc) is 3.16. The van der Waals surface area contributed by atoms with Gasteiger partial charge in [-0.15, -0.1) is 11.3 Å². The zero-order valence-electron chi connectivity index (χ0n) is 14.0. The van der Waals surface area contributed by atoms with Crippen molar-refractivity contribution in [1.82, 2.24) is 19.4 Å². The molecule has 1 amide bonds. The Hall–Kier alpha value is -1.66. The van der Waals surface area contributed by atoms with Crippen molar-refractivity contribution in [3.63, 3.8) is 0 Å². The molecule has 0 aliphatic carbocycles. The van der Waals surface area contributed by atoms with Gasteiger partial charge in [-0.05, 0) is 32.9 Å². The molecule has 3 heterocycles. The third kappa shape index (κ3) is 3.64. The lowest BCUT2D eigenvalue weighted by atomic mass is 10.2. The fraction of sp³-hybridized carbons (Fsp3) is 0.529. The minimum Gasteiger partial charge on any atom is -0.341 e. The summed E-state index contributed by atoms with van der Waals surface area (Å²) >= 11 is 1.70. The predicted octanol–water partition coefficient (Wildman–Crippen LogP) is 2.79. The van der Waals surface area contributed by atoms with Gasteiger partial charge >= 0.3 is 0 Å². The van der Waals surface area contributed by atoms with Crippen LogP contribution in [0.5, 0.6) is 0 Å². The Labute approximate surface area is 141 Å². The van der Waals surface area contributed by atoms with Gasteiger partial charge in [0, 0.05) is 50.3 Å². The summed E-state index contributed by atoms with van der Waals surface area (Å²) in [6.07, 6.45) is 1.98. The number of piperazine rings is 1. The van der Waals surface area contributed by atoms with Gasteiger partial charge in [0.15, 0.2) is 0 Å². The van der Waals surface area contributed by atoms with Gasteiger partial charge < -0.3 is 9.47 Å². The van der Waals surface area contributed by atoms with Crippen molar-refractivity contribution >= 4 is 17.2 Å². The van der Waals surface area contributed by atoms with Crippen LogP contribution in [0.15, 0.2) is 23.7 Å². The lowest BCUT2D eigenvalue weighted by Crippen LogP contribution is -2.48. The third-order valence-corrected chi connectivity index (χ3v) is 5.09. The molecule has 0 N–H and O–H groups in total. The molecule has 0 bridgehead atoms. The summed E-state index contributed by atoms with van der Waals surface area (Å²) < 4.78 is 2.05. The first-order chi connectivity index (χ1) is 11.0. The monoisotopic (exact) mass is 332 g/mol. The first-order valence-electron chi connectivity index (χ1n) is 8.14. The van der Waals surface area contributed by atoms with E-state index in [4.69, 9.17) is 0 Å². The Morgan fingerprint density at radius 3 is 2.65 bits per heavy atom. The highest BCUT2D eigenvalue weighted by Crippen LogP contribution is 2.16. The van der Waals surface area contributed by atoms with Crippen LogP contribution in [0.4, 0.5) is 0 Å². The molecule has 0 saturated carbocycles. The molecule has 0 atom stereocenters. The Kier molecular flexibility index (Phi) is 4.82. The molecule has 0 spiro atoms. The number of thiazole rings is 1. The highest BCUT2D eigenvalue weighted by atomic mass is 32.1. The topological polar surface area (TPSA) is 41.4 Å². The molecule has 2 aromatic rings. The second-order valence-electron chi connectivity index (χ2n) is 6.32. The van der Waals surface area contributed by atoms with Crippen LogP contribution >= 0.6 is 11.3 Å². The lowest BCUT2D eigenvalue weighted by Gasteiger charge is -2.34. The Morgan fingerprint density at radius 1 is 1.30 bits per heavy atom. The summed E-state index contributed by atoms with van der Waals surface area (Å²) in [6, 6.07) is 4.18. The van der Waals surface area contributed by atoms with Crippen LogP contribution in [-0.4, -0.2) is 51.4 Å². The third-order valence-electron chi connectivity index (χ3n) is 4.27. The number of carbonyl (C=O) groups is 1. The van der Waals surface area contributed by atoms with E-state index in [1.54, 1.807) is 11.3 Å². The zero-order chi connectivity index (χ0) is 16.4. The molecule has 1 aliphatic heterocycles. The minimum atomic E-state index is 0.146. The summed E-state index contributed by atoms with van der Waals surface area (Å²) in [5, 5.41) is 3.24. The number of aryl methyl sites for hydroxylation is 1. The second kappa shape index (κ2) is 6.84. The van der Waals surface area contributed by atoms with E-state index in [0.29, 0.717) is 6.04 Å². The van der Waals surface area contributed by atoms with Crippen LogP contribution in [-0.2, 0) is 6.54 Å². The van der Waals surface area contributed by atoms with Crippen LogP contribution in [0.25, 0.3) is 0 Å². The zero-order valence-corrected chi connectivity index (χ0v) is 14.8. The number of rotatable bonds is 4. The van der Waals surface area contributed by atoms with E-state index in [2.05, 4.69) is 29.1 Å². The lowest BCUT2D eigenvalue weighted by molar-refractivity contribution is 0.0615. The number of aromatic nitrogens is 2. The van der Waals surface area contributed by atoms with E-state index < -0.39 is 0 Å². The highest BCUT2D eigenvalue weighted by molar-refractivity contribution is 7.09. The normalized spacial score (nSPS) is 16.3. The molecule has 5 nitrogen and oxygen atoms in total. The maximum Gasteiger partial charge on any atom is 0.270 e. The molecule has 0 radical (unpaired) electrons. The molecule has 3 rings (SSSR count). The van der Waals surface area contributed by atoms with E-state index in [1.165, 1.54) is 0 Å². The van der Waals surface area contributed by atoms with Crippen LogP contribution in [0.1, 0.15) is 41.1 Å². The summed E-state index contributed by atoms with van der Waals surface area (Å²) in [6.45, 7) is 10.5. The molecule has 1 fully saturated rings. The fourth-order valence-electron chi connectivity index (χ4n) is 3.01. The van der Waals surface area contributed by atoms with E-state index in [-0.39, 0.29) is 5.91 Å². The highest BCUT2D eigenvalue weighted by Gasteiger charge is 2.24. The van der Waals surface area contributed by atoms with Crippen molar-refractivity contribution in [2.75, 3.05) is 26.2 Å². The quantitative estimate of drug-likeness (QED) is 0.864. The number of amides is 1. The molecule has 0 unspecified atom stereocenters. The molecule has 124 valence electrons. The molecular formula is C17H24N4OS. The van der Waals surface area contributed by atoms with Crippen molar-refractivity contribution in [3.8, 4) is 0 Å². The summed E-state index contributed by atoms with van der Waals surface area (Å²) in [5.74, 6) is 0.146. The Morgan fingerprint density at radius 2 is 2.04 bits per heavy atom. The summed E-state index contributed by atoms with van der Waals surface area (Å²) in [5.41, 5.74) is 1.93. The maximum absolute atomic E-state index is 12.7. The van der Waals surface area contributed by atoms with E-state index in [9.17, 15) is 4.79 Å². The average molecular weight is 332 g/mol. The van der Waals surface area contributed by atoms with E-state index in [1.807, 2.05) is 34.7 Å². The second-order valence-corrected chi connectivity index (χ2v) is 7.38. The summed E-state index contributed by atoms with van der Waals surface area (Å²) in [4.78, 5) is 21.6. The molecule has 1 aliphatic rings. The first kappa shape index (κ1) is 16.2. The van der Waals surface area contributed by atoms with E-state index >= 15 is 0 Å². The van der Waals surface area contributed by atoms with Crippen molar-refractivity contribution in [1.29, 1.82) is 0 Å². The van der Waals surface area contributed by atoms with Crippen LogP contribution in [0.2, 0.25) is 0 Å². The van der Waals surface area contributed by atoms with Gasteiger partial charge in [-0.25, -0.2) is 4.98 Å². The minimum absolute atomic E-state index is 0.146. The van der Waals surface area contributed by atoms with Crippen LogP contribution in [0.3, 0.4) is 0 Å². The number of hydrogen-bond acceptors (Lipinski definition) is 4. The van der Waals surface area contributed by atoms with Gasteiger partial charge in [0.05, 0.1) is 10.7 Å². The molecule has 1 saturated heterocycles. The standard InChI is InChI=1S/C17H24N4OS/c1-13(2)21-6-4-5-16(21)17(22)20-9-7-19(8-10-20)11-15-12-23-14(3)18-15/h4-6,12-13H,7-11H2,1-3H3. The van der Waals surface area contributed by atoms with Gasteiger partial charge in [0.2, 0.25) is 0 Å². The smallest absolute Gasteiger partial charge is 0.270 e. The SMILES string of the molecule is Cc1nc(CN2CCN(C(=O)c3cccn3C(C)C)CC2)cs1. The maximum atomic E-state index is 12.7. The van der Waals surface area contributed by atoms with Gasteiger partial charge in [-0.1, -0.05) is 0 Å². The van der Waals surface area contributed by atoms with Crippen molar-refractivity contribution in [3.05, 3.63) is 40.1 Å². The van der Waals surface area contributed by atoms with Gasteiger partial charge in [0.1, 0.15) is 5.69 Å². The largest absolute Gasteiger partial charge is 0.341 e. The van der Waals surface area contributed by atoms with Gasteiger partial charge in [-0.2, -0.15) is 0 Å². The molecule has 0 aromatic carbocycles. The van der Waals surface area contributed by atoms with Crippen molar-refractivity contribution in [2.24, 2.45) is 0 Å². The Balaban J connectivity index is 1.58. The van der Waals surface area contributed by atoms with Crippen LogP contribution in [0, 0.1) is 6.92 Å².